The number of carbonyl (C=O) groups is 1. The van der Waals surface area contributed by atoms with E-state index in [1.54, 1.807) is 24.3 Å². The van der Waals surface area contributed by atoms with Crippen molar-refractivity contribution in [3.8, 4) is 23.0 Å². The molecule has 8 heteroatoms. The SMILES string of the molecule is CN(C(=O)O)c1cc(Oc2ccc(Oc3ccccc3)cc2)ccc1[N+](=O)[O-]. The summed E-state index contributed by atoms with van der Waals surface area (Å²) in [5.74, 6) is 2.06. The highest BCUT2D eigenvalue weighted by Gasteiger charge is 2.22. The molecule has 0 radical (unpaired) electrons. The lowest BCUT2D eigenvalue weighted by Crippen LogP contribution is -2.24. The first-order chi connectivity index (χ1) is 13.4. The summed E-state index contributed by atoms with van der Waals surface area (Å²) in [5.41, 5.74) is -0.414. The molecule has 3 rings (SSSR count). The van der Waals surface area contributed by atoms with E-state index >= 15 is 0 Å². The number of rotatable bonds is 6. The summed E-state index contributed by atoms with van der Waals surface area (Å²) >= 11 is 0. The van der Waals surface area contributed by atoms with Crippen molar-refractivity contribution in [3.63, 3.8) is 0 Å². The molecule has 0 fully saturated rings. The van der Waals surface area contributed by atoms with Crippen molar-refractivity contribution in [1.82, 2.24) is 0 Å². The molecule has 1 N–H and O–H groups in total. The van der Waals surface area contributed by atoms with Crippen LogP contribution >= 0.6 is 0 Å². The van der Waals surface area contributed by atoms with E-state index in [1.807, 2.05) is 30.3 Å². The molecule has 3 aromatic carbocycles. The highest BCUT2D eigenvalue weighted by Crippen LogP contribution is 2.34. The highest BCUT2D eigenvalue weighted by atomic mass is 16.6. The van der Waals surface area contributed by atoms with Gasteiger partial charge in [-0.05, 0) is 42.5 Å². The molecule has 142 valence electrons. The third-order valence-electron chi connectivity index (χ3n) is 3.83. The normalized spacial score (nSPS) is 10.2. The van der Waals surface area contributed by atoms with E-state index in [2.05, 4.69) is 0 Å². The van der Waals surface area contributed by atoms with Crippen LogP contribution in [0.1, 0.15) is 0 Å². The van der Waals surface area contributed by atoms with Crippen LogP contribution in [0, 0.1) is 10.1 Å². The Bertz CT molecular complexity index is 989. The van der Waals surface area contributed by atoms with Crippen molar-refractivity contribution in [2.75, 3.05) is 11.9 Å². The molecule has 0 aromatic heterocycles. The van der Waals surface area contributed by atoms with Gasteiger partial charge >= 0.3 is 6.09 Å². The maximum Gasteiger partial charge on any atom is 0.411 e. The molecule has 3 aromatic rings. The summed E-state index contributed by atoms with van der Waals surface area (Å²) in [7, 11) is 1.23. The predicted molar refractivity (Wildman–Crippen MR) is 103 cm³/mol. The molecule has 1 amide bonds. The average Bonchev–Trinajstić information content (AvgIpc) is 2.69. The molecular weight excluding hydrogens is 364 g/mol. The molecule has 8 nitrogen and oxygen atoms in total. The van der Waals surface area contributed by atoms with Gasteiger partial charge in [-0.15, -0.1) is 0 Å². The molecule has 0 saturated carbocycles. The van der Waals surface area contributed by atoms with Gasteiger partial charge < -0.3 is 14.6 Å². The number of anilines is 1. The minimum atomic E-state index is -1.32. The van der Waals surface area contributed by atoms with E-state index in [9.17, 15) is 14.9 Å². The van der Waals surface area contributed by atoms with E-state index in [1.165, 1.54) is 25.2 Å². The van der Waals surface area contributed by atoms with E-state index in [0.717, 1.165) is 4.90 Å². The van der Waals surface area contributed by atoms with Gasteiger partial charge in [-0.25, -0.2) is 4.79 Å². The van der Waals surface area contributed by atoms with Gasteiger partial charge in [0.25, 0.3) is 5.69 Å². The highest BCUT2D eigenvalue weighted by molar-refractivity contribution is 5.89. The zero-order valence-corrected chi connectivity index (χ0v) is 14.8. The molecule has 0 aliphatic heterocycles. The zero-order valence-electron chi connectivity index (χ0n) is 14.8. The maximum atomic E-state index is 11.2. The minimum Gasteiger partial charge on any atom is -0.465 e. The van der Waals surface area contributed by atoms with Crippen molar-refractivity contribution < 1.29 is 24.3 Å². The van der Waals surface area contributed by atoms with E-state index in [4.69, 9.17) is 14.6 Å². The van der Waals surface area contributed by atoms with Crippen molar-refractivity contribution >= 4 is 17.5 Å². The number of para-hydroxylation sites is 1. The zero-order chi connectivity index (χ0) is 20.1. The first-order valence-corrected chi connectivity index (χ1v) is 8.20. The molecule has 0 spiro atoms. The van der Waals surface area contributed by atoms with Gasteiger partial charge in [-0.2, -0.15) is 0 Å². The molecule has 0 atom stereocenters. The van der Waals surface area contributed by atoms with Crippen LogP contribution < -0.4 is 14.4 Å². The number of amides is 1. The molecular formula is C20H16N2O6. The second-order valence-electron chi connectivity index (χ2n) is 5.74. The quantitative estimate of drug-likeness (QED) is 0.460. The Morgan fingerprint density at radius 2 is 1.39 bits per heavy atom. The Kier molecular flexibility index (Phi) is 5.40. The maximum absolute atomic E-state index is 11.2. The number of hydrogen-bond acceptors (Lipinski definition) is 5. The molecule has 0 unspecified atom stereocenters. The smallest absolute Gasteiger partial charge is 0.411 e. The number of carboxylic acid groups (broad SMARTS) is 1. The van der Waals surface area contributed by atoms with Crippen LogP contribution in [0.3, 0.4) is 0 Å². The number of benzene rings is 3. The number of ether oxygens (including phenoxy) is 2. The van der Waals surface area contributed by atoms with Crippen LogP contribution in [0.2, 0.25) is 0 Å². The number of nitro groups is 1. The summed E-state index contributed by atoms with van der Waals surface area (Å²) in [5, 5.41) is 20.3. The second-order valence-corrected chi connectivity index (χ2v) is 5.74. The average molecular weight is 380 g/mol. The lowest BCUT2D eigenvalue weighted by atomic mass is 10.2. The van der Waals surface area contributed by atoms with E-state index in [0.29, 0.717) is 17.2 Å². The third-order valence-corrected chi connectivity index (χ3v) is 3.83. The fraction of sp³-hybridized carbons (Fsp3) is 0.0500. The lowest BCUT2D eigenvalue weighted by Gasteiger charge is -2.15. The van der Waals surface area contributed by atoms with Gasteiger partial charge in [-0.1, -0.05) is 18.2 Å². The van der Waals surface area contributed by atoms with Crippen molar-refractivity contribution in [2.24, 2.45) is 0 Å². The van der Waals surface area contributed by atoms with Crippen LogP contribution in [0.25, 0.3) is 0 Å². The van der Waals surface area contributed by atoms with Crippen molar-refractivity contribution in [2.45, 2.75) is 0 Å². The first-order valence-electron chi connectivity index (χ1n) is 8.20. The molecule has 0 saturated heterocycles. The van der Waals surface area contributed by atoms with Gasteiger partial charge in [-0.3, -0.25) is 15.0 Å². The lowest BCUT2D eigenvalue weighted by molar-refractivity contribution is -0.384. The van der Waals surface area contributed by atoms with E-state index in [-0.39, 0.29) is 17.1 Å². The first kappa shape index (κ1) is 18.7. The van der Waals surface area contributed by atoms with Crippen LogP contribution in [0.4, 0.5) is 16.2 Å². The number of nitrogens with zero attached hydrogens (tertiary/aromatic N) is 2. The summed E-state index contributed by atoms with van der Waals surface area (Å²) in [4.78, 5) is 22.4. The number of nitro benzene ring substituents is 1. The van der Waals surface area contributed by atoms with Crippen molar-refractivity contribution in [3.05, 3.63) is 82.9 Å². The Hall–Kier alpha value is -4.07. The molecule has 0 aliphatic carbocycles. The van der Waals surface area contributed by atoms with E-state index < -0.39 is 11.0 Å². The topological polar surface area (TPSA) is 102 Å². The van der Waals surface area contributed by atoms with Crippen LogP contribution in [0.15, 0.2) is 72.8 Å². The third kappa shape index (κ3) is 4.36. The van der Waals surface area contributed by atoms with Gasteiger partial charge in [0.2, 0.25) is 0 Å². The second kappa shape index (κ2) is 8.09. The Balaban J connectivity index is 1.78. The van der Waals surface area contributed by atoms with Gasteiger partial charge in [0, 0.05) is 19.2 Å². The van der Waals surface area contributed by atoms with Crippen LogP contribution in [-0.2, 0) is 0 Å². The fourth-order valence-electron chi connectivity index (χ4n) is 2.43. The summed E-state index contributed by atoms with van der Waals surface area (Å²) < 4.78 is 11.4. The predicted octanol–water partition coefficient (Wildman–Crippen LogP) is 5.29. The van der Waals surface area contributed by atoms with Crippen LogP contribution in [-0.4, -0.2) is 23.2 Å². The minimum absolute atomic E-state index is 0.0842. The molecule has 0 heterocycles. The largest absolute Gasteiger partial charge is 0.465 e. The Labute approximate surface area is 160 Å². The number of hydrogen-bond donors (Lipinski definition) is 1. The summed E-state index contributed by atoms with van der Waals surface area (Å²) in [6.07, 6.45) is -1.32. The standard InChI is InChI=1S/C20H16N2O6/c1-21(20(23)24)19-13-17(11-12-18(19)22(25)26)28-16-9-7-15(8-10-16)27-14-5-3-2-4-6-14/h2-13H,1H3,(H,23,24). The Morgan fingerprint density at radius 1 is 0.893 bits per heavy atom. The van der Waals surface area contributed by atoms with Crippen LogP contribution in [0.5, 0.6) is 23.0 Å². The fourth-order valence-corrected chi connectivity index (χ4v) is 2.43. The van der Waals surface area contributed by atoms with Crippen molar-refractivity contribution in [1.29, 1.82) is 0 Å². The van der Waals surface area contributed by atoms with Gasteiger partial charge in [0.05, 0.1) is 4.92 Å². The summed E-state index contributed by atoms with van der Waals surface area (Å²) in [6.45, 7) is 0. The molecule has 0 bridgehead atoms. The van der Waals surface area contributed by atoms with Gasteiger partial charge in [0.1, 0.15) is 28.7 Å². The Morgan fingerprint density at radius 3 is 1.93 bits per heavy atom. The monoisotopic (exact) mass is 380 g/mol. The molecule has 0 aliphatic rings. The van der Waals surface area contributed by atoms with Gasteiger partial charge in [0.15, 0.2) is 0 Å². The summed E-state index contributed by atoms with van der Waals surface area (Å²) in [6, 6.07) is 20.0. The molecule has 28 heavy (non-hydrogen) atoms.